The van der Waals surface area contributed by atoms with E-state index in [1.165, 1.54) is 7.11 Å². The molecule has 2 heterocycles. The number of nitrogens with one attached hydrogen (secondary N) is 1. The quantitative estimate of drug-likeness (QED) is 0.457. The van der Waals surface area contributed by atoms with Crippen LogP contribution in [0.1, 0.15) is 21.5 Å². The van der Waals surface area contributed by atoms with Crippen LogP contribution in [0.2, 0.25) is 0 Å². The molecule has 1 aromatic heterocycles. The number of hydrogen-bond donors (Lipinski definition) is 1. The molecule has 0 radical (unpaired) electrons. The first-order valence-corrected chi connectivity index (χ1v) is 10.9. The highest BCUT2D eigenvalue weighted by atomic mass is 16.5. The van der Waals surface area contributed by atoms with E-state index >= 15 is 0 Å². The number of benzene rings is 2. The molecular weight excluding hydrogens is 422 g/mol. The normalized spacial score (nSPS) is 14.8. The van der Waals surface area contributed by atoms with Crippen molar-refractivity contribution in [3.8, 4) is 0 Å². The van der Waals surface area contributed by atoms with Gasteiger partial charge in [0, 0.05) is 44.2 Å². The second-order valence-corrected chi connectivity index (χ2v) is 8.23. The summed E-state index contributed by atoms with van der Waals surface area (Å²) >= 11 is 0. The summed E-state index contributed by atoms with van der Waals surface area (Å²) in [6.07, 6.45) is 0. The van der Waals surface area contributed by atoms with Gasteiger partial charge in [-0.3, -0.25) is 14.6 Å². The predicted octanol–water partition coefficient (Wildman–Crippen LogP) is 2.64. The van der Waals surface area contributed by atoms with Crippen LogP contribution in [-0.2, 0) is 16.1 Å². The van der Waals surface area contributed by atoms with Crippen molar-refractivity contribution in [2.45, 2.75) is 13.5 Å². The molecule has 0 unspecified atom stereocenters. The highest BCUT2D eigenvalue weighted by Crippen LogP contribution is 2.21. The maximum atomic E-state index is 12.6. The Morgan fingerprint density at radius 3 is 2.52 bits per heavy atom. The molecule has 33 heavy (non-hydrogen) atoms. The Balaban J connectivity index is 1.34. The number of fused-ring (bicyclic) bond motifs is 1. The van der Waals surface area contributed by atoms with Crippen LogP contribution in [0.5, 0.6) is 0 Å². The number of amides is 1. The lowest BCUT2D eigenvalue weighted by atomic mass is 10.1. The van der Waals surface area contributed by atoms with Gasteiger partial charge >= 0.3 is 11.6 Å². The Morgan fingerprint density at radius 2 is 1.76 bits per heavy atom. The van der Waals surface area contributed by atoms with E-state index in [0.717, 1.165) is 42.7 Å². The summed E-state index contributed by atoms with van der Waals surface area (Å²) < 4.78 is 10.1. The number of nitrogens with zero attached hydrogens (tertiary/aromatic N) is 2. The second-order valence-electron chi connectivity index (χ2n) is 8.23. The lowest BCUT2D eigenvalue weighted by Gasteiger charge is -2.34. The Labute approximate surface area is 191 Å². The van der Waals surface area contributed by atoms with E-state index in [-0.39, 0.29) is 18.1 Å². The maximum Gasteiger partial charge on any atom is 0.339 e. The molecule has 0 atom stereocenters. The van der Waals surface area contributed by atoms with Gasteiger partial charge in [0.05, 0.1) is 24.9 Å². The number of anilines is 1. The van der Waals surface area contributed by atoms with Crippen LogP contribution in [-0.4, -0.2) is 61.5 Å². The summed E-state index contributed by atoms with van der Waals surface area (Å²) in [6.45, 7) is 5.86. The standard InChI is InChI=1S/C25H27N3O5/c1-17-7-8-19-18(14-24(30)33-22(19)13-17)15-27-9-11-28(12-10-27)16-23(29)26-21-6-4-3-5-20(21)25(31)32-2/h3-8,13-14H,9-12,15-16H2,1-2H3,(H,26,29). The number of para-hydroxylation sites is 1. The lowest BCUT2D eigenvalue weighted by molar-refractivity contribution is -0.117. The number of hydrogen-bond acceptors (Lipinski definition) is 7. The van der Waals surface area contributed by atoms with Gasteiger partial charge in [-0.25, -0.2) is 9.59 Å². The minimum atomic E-state index is -0.489. The third-order valence-corrected chi connectivity index (χ3v) is 5.82. The number of carbonyl (C=O) groups is 2. The van der Waals surface area contributed by atoms with Crippen molar-refractivity contribution in [3.05, 3.63) is 75.6 Å². The molecule has 1 saturated heterocycles. The van der Waals surface area contributed by atoms with E-state index in [1.807, 2.05) is 25.1 Å². The van der Waals surface area contributed by atoms with Crippen LogP contribution < -0.4 is 10.9 Å². The molecule has 172 valence electrons. The summed E-state index contributed by atoms with van der Waals surface area (Å²) in [5, 5.41) is 3.77. The van der Waals surface area contributed by atoms with Crippen molar-refractivity contribution in [2.75, 3.05) is 45.2 Å². The van der Waals surface area contributed by atoms with E-state index in [0.29, 0.717) is 23.4 Å². The zero-order valence-corrected chi connectivity index (χ0v) is 18.8. The van der Waals surface area contributed by atoms with Gasteiger partial charge in [0.25, 0.3) is 0 Å². The zero-order chi connectivity index (χ0) is 23.4. The van der Waals surface area contributed by atoms with Crippen molar-refractivity contribution < 1.29 is 18.7 Å². The molecule has 1 aliphatic rings. The van der Waals surface area contributed by atoms with E-state index in [4.69, 9.17) is 9.15 Å². The van der Waals surface area contributed by atoms with Gasteiger partial charge in [-0.2, -0.15) is 0 Å². The molecule has 0 bridgehead atoms. The number of carbonyl (C=O) groups excluding carboxylic acids is 2. The summed E-state index contributed by atoms with van der Waals surface area (Å²) in [6, 6.07) is 14.2. The Hall–Kier alpha value is -3.49. The third-order valence-electron chi connectivity index (χ3n) is 5.82. The van der Waals surface area contributed by atoms with Crippen LogP contribution in [0.4, 0.5) is 5.69 Å². The van der Waals surface area contributed by atoms with Gasteiger partial charge in [0.15, 0.2) is 0 Å². The minimum absolute atomic E-state index is 0.179. The average molecular weight is 450 g/mol. The first kappa shape index (κ1) is 22.7. The molecule has 0 spiro atoms. The zero-order valence-electron chi connectivity index (χ0n) is 18.8. The molecule has 8 nitrogen and oxygen atoms in total. The van der Waals surface area contributed by atoms with Crippen molar-refractivity contribution in [1.29, 1.82) is 0 Å². The smallest absolute Gasteiger partial charge is 0.339 e. The molecule has 1 fully saturated rings. The summed E-state index contributed by atoms with van der Waals surface area (Å²) in [7, 11) is 1.31. The largest absolute Gasteiger partial charge is 0.465 e. The lowest BCUT2D eigenvalue weighted by Crippen LogP contribution is -2.48. The first-order chi connectivity index (χ1) is 15.9. The molecule has 1 N–H and O–H groups in total. The summed E-state index contributed by atoms with van der Waals surface area (Å²) in [5.41, 5.74) is 3.03. The topological polar surface area (TPSA) is 92.1 Å². The predicted molar refractivity (Wildman–Crippen MR) is 125 cm³/mol. The van der Waals surface area contributed by atoms with Crippen LogP contribution in [0.15, 0.2) is 57.7 Å². The molecular formula is C25H27N3O5. The average Bonchev–Trinajstić information content (AvgIpc) is 2.79. The Bertz CT molecular complexity index is 1230. The van der Waals surface area contributed by atoms with Gasteiger partial charge in [0.2, 0.25) is 5.91 Å². The van der Waals surface area contributed by atoms with Gasteiger partial charge in [-0.05, 0) is 36.2 Å². The van der Waals surface area contributed by atoms with Gasteiger partial charge in [-0.1, -0.05) is 24.3 Å². The van der Waals surface area contributed by atoms with Crippen molar-refractivity contribution >= 4 is 28.5 Å². The van der Waals surface area contributed by atoms with Crippen LogP contribution in [0.3, 0.4) is 0 Å². The highest BCUT2D eigenvalue weighted by molar-refractivity contribution is 6.01. The van der Waals surface area contributed by atoms with E-state index in [9.17, 15) is 14.4 Å². The van der Waals surface area contributed by atoms with E-state index in [2.05, 4.69) is 15.1 Å². The monoisotopic (exact) mass is 449 g/mol. The Kier molecular flexibility index (Phi) is 6.86. The van der Waals surface area contributed by atoms with Crippen molar-refractivity contribution in [2.24, 2.45) is 0 Å². The molecule has 8 heteroatoms. The number of rotatable bonds is 6. The van der Waals surface area contributed by atoms with Crippen LogP contribution in [0.25, 0.3) is 11.0 Å². The molecule has 4 rings (SSSR count). The molecule has 2 aromatic carbocycles. The fourth-order valence-corrected chi connectivity index (χ4v) is 4.09. The summed E-state index contributed by atoms with van der Waals surface area (Å²) in [5.74, 6) is -0.668. The van der Waals surface area contributed by atoms with Gasteiger partial charge in [0.1, 0.15) is 5.58 Å². The fraction of sp³-hybridized carbons (Fsp3) is 0.320. The molecule has 0 saturated carbocycles. The van der Waals surface area contributed by atoms with Crippen molar-refractivity contribution in [1.82, 2.24) is 9.80 Å². The SMILES string of the molecule is COC(=O)c1ccccc1NC(=O)CN1CCN(Cc2cc(=O)oc3cc(C)ccc23)CC1. The second kappa shape index (κ2) is 9.97. The maximum absolute atomic E-state index is 12.6. The minimum Gasteiger partial charge on any atom is -0.465 e. The van der Waals surface area contributed by atoms with Gasteiger partial charge in [-0.15, -0.1) is 0 Å². The van der Waals surface area contributed by atoms with Gasteiger partial charge < -0.3 is 14.5 Å². The number of piperazine rings is 1. The summed E-state index contributed by atoms with van der Waals surface area (Å²) in [4.78, 5) is 40.8. The third kappa shape index (κ3) is 5.47. The molecule has 3 aromatic rings. The van der Waals surface area contributed by atoms with Crippen molar-refractivity contribution in [3.63, 3.8) is 0 Å². The van der Waals surface area contributed by atoms with Crippen LogP contribution >= 0.6 is 0 Å². The number of aryl methyl sites for hydroxylation is 1. The highest BCUT2D eigenvalue weighted by Gasteiger charge is 2.21. The van der Waals surface area contributed by atoms with E-state index in [1.54, 1.807) is 30.3 Å². The Morgan fingerprint density at radius 1 is 1.03 bits per heavy atom. The number of esters is 1. The molecule has 0 aliphatic carbocycles. The number of ether oxygens (including phenoxy) is 1. The first-order valence-electron chi connectivity index (χ1n) is 10.9. The molecule has 1 aliphatic heterocycles. The van der Waals surface area contributed by atoms with E-state index < -0.39 is 5.97 Å². The number of methoxy groups -OCH3 is 1. The fourth-order valence-electron chi connectivity index (χ4n) is 4.09. The molecule has 1 amide bonds. The van der Waals surface area contributed by atoms with Crippen LogP contribution in [0, 0.1) is 6.92 Å².